The second-order valence-electron chi connectivity index (χ2n) is 6.33. The highest BCUT2D eigenvalue weighted by Crippen LogP contribution is 2.32. The molecule has 1 unspecified atom stereocenters. The van der Waals surface area contributed by atoms with Crippen molar-refractivity contribution in [2.24, 2.45) is 5.92 Å². The second-order valence-corrected chi connectivity index (χ2v) is 7.62. The Morgan fingerprint density at radius 2 is 2.16 bits per heavy atom. The lowest BCUT2D eigenvalue weighted by Crippen LogP contribution is -2.39. The van der Waals surface area contributed by atoms with Gasteiger partial charge in [0.1, 0.15) is 0 Å². The van der Waals surface area contributed by atoms with Crippen LogP contribution in [-0.2, 0) is 0 Å². The molecule has 19 heavy (non-hydrogen) atoms. The minimum atomic E-state index is 0.198. The summed E-state index contributed by atoms with van der Waals surface area (Å²) in [6.45, 7) is 9.93. The predicted molar refractivity (Wildman–Crippen MR) is 87.2 cm³/mol. The van der Waals surface area contributed by atoms with Crippen LogP contribution in [0.1, 0.15) is 27.2 Å². The molecule has 1 N–H and O–H groups in total. The number of hydrogen-bond donors (Lipinski definition) is 1. The highest BCUT2D eigenvalue weighted by atomic mass is 79.9. The Morgan fingerprint density at radius 3 is 2.84 bits per heavy atom. The van der Waals surface area contributed by atoms with Crippen LogP contribution in [0.15, 0.2) is 22.7 Å². The number of anilines is 1. The van der Waals surface area contributed by atoms with Gasteiger partial charge in [0, 0.05) is 34.7 Å². The molecule has 2 rings (SSSR count). The molecule has 0 radical (unpaired) electrons. The summed E-state index contributed by atoms with van der Waals surface area (Å²) in [5.74, 6) is 0.713. The normalized spacial score (nSPS) is 20.1. The number of nitrogens with one attached hydrogen (secondary N) is 1. The van der Waals surface area contributed by atoms with Gasteiger partial charge in [-0.25, -0.2) is 0 Å². The summed E-state index contributed by atoms with van der Waals surface area (Å²) < 4.78 is 1.13. The third kappa shape index (κ3) is 4.37. The molecule has 2 nitrogen and oxygen atoms in total. The smallest absolute Gasteiger partial charge is 0.0525 e. The topological polar surface area (TPSA) is 15.3 Å². The average molecular weight is 346 g/mol. The lowest BCUT2D eigenvalue weighted by molar-refractivity contribution is 0.383. The van der Waals surface area contributed by atoms with Crippen molar-refractivity contribution < 1.29 is 0 Å². The summed E-state index contributed by atoms with van der Waals surface area (Å²) in [6.07, 6.45) is 1.24. The van der Waals surface area contributed by atoms with E-state index in [1.165, 1.54) is 12.1 Å². The van der Waals surface area contributed by atoms with Crippen molar-refractivity contribution in [2.75, 3.05) is 24.5 Å². The molecule has 1 saturated heterocycles. The molecule has 1 fully saturated rings. The third-order valence-electron chi connectivity index (χ3n) is 3.46. The van der Waals surface area contributed by atoms with Crippen molar-refractivity contribution in [2.45, 2.75) is 32.7 Å². The molecular weight excluding hydrogens is 324 g/mol. The van der Waals surface area contributed by atoms with Gasteiger partial charge in [0.15, 0.2) is 0 Å². The highest BCUT2D eigenvalue weighted by molar-refractivity contribution is 9.10. The van der Waals surface area contributed by atoms with Crippen LogP contribution in [0.5, 0.6) is 0 Å². The largest absolute Gasteiger partial charge is 0.370 e. The van der Waals surface area contributed by atoms with E-state index in [0.29, 0.717) is 5.92 Å². The van der Waals surface area contributed by atoms with Gasteiger partial charge < -0.3 is 10.2 Å². The molecule has 106 valence electrons. The van der Waals surface area contributed by atoms with E-state index in [0.717, 1.165) is 29.1 Å². The van der Waals surface area contributed by atoms with E-state index in [1.807, 2.05) is 18.2 Å². The zero-order valence-electron chi connectivity index (χ0n) is 11.8. The summed E-state index contributed by atoms with van der Waals surface area (Å²) >= 11 is 9.71. The molecule has 1 aromatic carbocycles. The minimum Gasteiger partial charge on any atom is -0.370 e. The number of hydrogen-bond acceptors (Lipinski definition) is 2. The van der Waals surface area contributed by atoms with Gasteiger partial charge in [-0.2, -0.15) is 0 Å². The quantitative estimate of drug-likeness (QED) is 0.878. The molecule has 1 heterocycles. The summed E-state index contributed by atoms with van der Waals surface area (Å²) in [5.41, 5.74) is 1.41. The Kier molecular flexibility index (Phi) is 4.80. The SMILES string of the molecule is CC(C)(C)NCC1CCN(c2cc(Cl)ccc2Br)C1. The Balaban J connectivity index is 1.96. The van der Waals surface area contributed by atoms with Crippen LogP contribution < -0.4 is 10.2 Å². The Labute approximate surface area is 129 Å². The summed E-state index contributed by atoms with van der Waals surface area (Å²) in [5, 5.41) is 4.40. The van der Waals surface area contributed by atoms with Crippen molar-refractivity contribution in [3.63, 3.8) is 0 Å². The van der Waals surface area contributed by atoms with E-state index in [-0.39, 0.29) is 5.54 Å². The first kappa shape index (κ1) is 15.1. The van der Waals surface area contributed by atoms with Crippen LogP contribution in [0.4, 0.5) is 5.69 Å². The number of nitrogens with zero attached hydrogens (tertiary/aromatic N) is 1. The standard InChI is InChI=1S/C15H22BrClN2/c1-15(2,3)18-9-11-6-7-19(10-11)14-8-12(17)4-5-13(14)16/h4-5,8,11,18H,6-7,9-10H2,1-3H3. The first-order chi connectivity index (χ1) is 8.85. The molecule has 1 aromatic rings. The molecule has 1 atom stereocenters. The van der Waals surface area contributed by atoms with E-state index >= 15 is 0 Å². The zero-order valence-corrected chi connectivity index (χ0v) is 14.2. The molecule has 0 saturated carbocycles. The fourth-order valence-corrected chi connectivity index (χ4v) is 3.06. The number of rotatable bonds is 3. The molecule has 1 aliphatic rings. The van der Waals surface area contributed by atoms with Crippen molar-refractivity contribution >= 4 is 33.2 Å². The van der Waals surface area contributed by atoms with Gasteiger partial charge in [-0.15, -0.1) is 0 Å². The van der Waals surface area contributed by atoms with Gasteiger partial charge in [-0.1, -0.05) is 11.6 Å². The van der Waals surface area contributed by atoms with Crippen molar-refractivity contribution in [3.05, 3.63) is 27.7 Å². The zero-order chi connectivity index (χ0) is 14.0. The van der Waals surface area contributed by atoms with Crippen molar-refractivity contribution in [1.29, 1.82) is 0 Å². The molecule has 4 heteroatoms. The molecule has 0 aromatic heterocycles. The van der Waals surface area contributed by atoms with Crippen LogP contribution in [0, 0.1) is 5.92 Å². The van der Waals surface area contributed by atoms with Crippen molar-refractivity contribution in [1.82, 2.24) is 5.32 Å². The lowest BCUT2D eigenvalue weighted by Gasteiger charge is -2.24. The van der Waals surface area contributed by atoms with E-state index in [1.54, 1.807) is 0 Å². The van der Waals surface area contributed by atoms with Crippen LogP contribution in [0.2, 0.25) is 5.02 Å². The molecular formula is C15H22BrClN2. The van der Waals surface area contributed by atoms with Gasteiger partial charge in [0.05, 0.1) is 5.69 Å². The van der Waals surface area contributed by atoms with E-state index in [4.69, 9.17) is 11.6 Å². The Hall–Kier alpha value is -0.250. The van der Waals surface area contributed by atoms with Crippen molar-refractivity contribution in [3.8, 4) is 0 Å². The minimum absolute atomic E-state index is 0.198. The lowest BCUT2D eigenvalue weighted by atomic mass is 10.1. The van der Waals surface area contributed by atoms with Gasteiger partial charge >= 0.3 is 0 Å². The van der Waals surface area contributed by atoms with Gasteiger partial charge in [-0.3, -0.25) is 0 Å². The third-order valence-corrected chi connectivity index (χ3v) is 4.36. The van der Waals surface area contributed by atoms with Crippen LogP contribution in [-0.4, -0.2) is 25.2 Å². The highest BCUT2D eigenvalue weighted by Gasteiger charge is 2.25. The fourth-order valence-electron chi connectivity index (χ4n) is 2.40. The summed E-state index contributed by atoms with van der Waals surface area (Å²) in [6, 6.07) is 5.99. The first-order valence-corrected chi connectivity index (χ1v) is 7.97. The molecule has 0 amide bonds. The molecule has 0 bridgehead atoms. The van der Waals surface area contributed by atoms with Crippen LogP contribution in [0.3, 0.4) is 0 Å². The molecule has 0 aliphatic carbocycles. The predicted octanol–water partition coefficient (Wildman–Crippen LogP) is 4.32. The maximum Gasteiger partial charge on any atom is 0.0525 e. The number of halogens is 2. The number of benzene rings is 1. The molecule has 0 spiro atoms. The van der Waals surface area contributed by atoms with E-state index in [2.05, 4.69) is 46.9 Å². The van der Waals surface area contributed by atoms with E-state index < -0.39 is 0 Å². The second kappa shape index (κ2) is 6.02. The van der Waals surface area contributed by atoms with Crippen LogP contribution >= 0.6 is 27.5 Å². The van der Waals surface area contributed by atoms with Crippen LogP contribution in [0.25, 0.3) is 0 Å². The van der Waals surface area contributed by atoms with E-state index in [9.17, 15) is 0 Å². The fraction of sp³-hybridized carbons (Fsp3) is 0.600. The summed E-state index contributed by atoms with van der Waals surface area (Å²) in [4.78, 5) is 2.42. The van der Waals surface area contributed by atoms with Gasteiger partial charge in [0.2, 0.25) is 0 Å². The summed E-state index contributed by atoms with van der Waals surface area (Å²) in [7, 11) is 0. The monoisotopic (exact) mass is 344 g/mol. The first-order valence-electron chi connectivity index (χ1n) is 6.80. The average Bonchev–Trinajstić information content (AvgIpc) is 2.77. The van der Waals surface area contributed by atoms with Gasteiger partial charge in [0.25, 0.3) is 0 Å². The Morgan fingerprint density at radius 1 is 1.42 bits per heavy atom. The molecule has 1 aliphatic heterocycles. The maximum absolute atomic E-state index is 6.09. The maximum atomic E-state index is 6.09. The Bertz CT molecular complexity index is 442. The van der Waals surface area contributed by atoms with Gasteiger partial charge in [-0.05, 0) is 67.2 Å².